The molecule has 9 nitrogen and oxygen atoms in total. The van der Waals surface area contributed by atoms with Gasteiger partial charge in [-0.05, 0) is 12.8 Å². The second kappa shape index (κ2) is 6.55. The second-order valence-corrected chi connectivity index (χ2v) is 7.16. The van der Waals surface area contributed by atoms with Crippen molar-refractivity contribution in [3.05, 3.63) is 24.1 Å². The van der Waals surface area contributed by atoms with Crippen LogP contribution in [-0.4, -0.2) is 55.1 Å². The number of aromatic nitrogens is 5. The Morgan fingerprint density at radius 3 is 2.88 bits per heavy atom. The SMILES string of the molecule is CC(C)c1noc(CN[C@@H]2CN(C(=O)C3CC3)C[C@@H]2n2ccnn2)n1. The minimum absolute atomic E-state index is 0.0534. The number of rotatable bonds is 6. The zero-order chi connectivity index (χ0) is 17.4. The Morgan fingerprint density at radius 1 is 1.40 bits per heavy atom. The molecular formula is C16H23N7O2. The third-order valence-electron chi connectivity index (χ3n) is 4.82. The van der Waals surface area contributed by atoms with Crippen molar-refractivity contribution in [3.63, 3.8) is 0 Å². The van der Waals surface area contributed by atoms with Gasteiger partial charge in [0.25, 0.3) is 0 Å². The number of likely N-dealkylation sites (tertiary alicyclic amines) is 1. The normalized spacial score (nSPS) is 23.6. The van der Waals surface area contributed by atoms with Gasteiger partial charge in [-0.1, -0.05) is 24.2 Å². The molecule has 1 saturated carbocycles. The van der Waals surface area contributed by atoms with Crippen LogP contribution >= 0.6 is 0 Å². The number of carbonyl (C=O) groups excluding carboxylic acids is 1. The highest BCUT2D eigenvalue weighted by atomic mass is 16.5. The predicted octanol–water partition coefficient (Wildman–Crippen LogP) is 0.736. The lowest BCUT2D eigenvalue weighted by atomic mass is 10.2. The second-order valence-electron chi connectivity index (χ2n) is 7.16. The number of hydrogen-bond donors (Lipinski definition) is 1. The summed E-state index contributed by atoms with van der Waals surface area (Å²) in [6.45, 7) is 5.84. The molecule has 2 aromatic rings. The minimum Gasteiger partial charge on any atom is -0.339 e. The summed E-state index contributed by atoms with van der Waals surface area (Å²) in [7, 11) is 0. The highest BCUT2D eigenvalue weighted by Gasteiger charge is 2.41. The van der Waals surface area contributed by atoms with Gasteiger partial charge in [0.2, 0.25) is 11.8 Å². The first kappa shape index (κ1) is 16.2. The first-order valence-electron chi connectivity index (χ1n) is 8.82. The van der Waals surface area contributed by atoms with Crippen molar-refractivity contribution in [1.29, 1.82) is 0 Å². The molecule has 4 rings (SSSR count). The Labute approximate surface area is 145 Å². The van der Waals surface area contributed by atoms with Gasteiger partial charge < -0.3 is 14.7 Å². The molecule has 0 spiro atoms. The summed E-state index contributed by atoms with van der Waals surface area (Å²) in [4.78, 5) is 18.8. The zero-order valence-corrected chi connectivity index (χ0v) is 14.5. The smallest absolute Gasteiger partial charge is 0.240 e. The number of hydrogen-bond acceptors (Lipinski definition) is 7. The van der Waals surface area contributed by atoms with Gasteiger partial charge in [-0.3, -0.25) is 4.79 Å². The summed E-state index contributed by atoms with van der Waals surface area (Å²) < 4.78 is 7.12. The van der Waals surface area contributed by atoms with Crippen LogP contribution in [0.4, 0.5) is 0 Å². The summed E-state index contributed by atoms with van der Waals surface area (Å²) >= 11 is 0. The van der Waals surface area contributed by atoms with Crippen molar-refractivity contribution < 1.29 is 9.32 Å². The van der Waals surface area contributed by atoms with E-state index in [2.05, 4.69) is 25.8 Å². The summed E-state index contributed by atoms with van der Waals surface area (Å²) in [6, 6.07) is 0.122. The quantitative estimate of drug-likeness (QED) is 0.823. The third-order valence-corrected chi connectivity index (χ3v) is 4.82. The van der Waals surface area contributed by atoms with Crippen LogP contribution < -0.4 is 5.32 Å². The van der Waals surface area contributed by atoms with Crippen molar-refractivity contribution in [1.82, 2.24) is 35.4 Å². The van der Waals surface area contributed by atoms with Crippen molar-refractivity contribution in [2.24, 2.45) is 5.92 Å². The fourth-order valence-corrected chi connectivity index (χ4v) is 3.21. The summed E-state index contributed by atoms with van der Waals surface area (Å²) in [5.74, 6) is 1.99. The van der Waals surface area contributed by atoms with Gasteiger partial charge in [0.05, 0.1) is 18.8 Å². The molecule has 1 aliphatic heterocycles. The molecule has 9 heteroatoms. The van der Waals surface area contributed by atoms with Crippen molar-refractivity contribution in [2.45, 2.75) is 51.2 Å². The van der Waals surface area contributed by atoms with E-state index in [1.807, 2.05) is 29.6 Å². The largest absolute Gasteiger partial charge is 0.339 e. The summed E-state index contributed by atoms with van der Waals surface area (Å²) in [5.41, 5.74) is 0. The van der Waals surface area contributed by atoms with E-state index in [1.54, 1.807) is 6.20 Å². The van der Waals surface area contributed by atoms with Crippen molar-refractivity contribution in [2.75, 3.05) is 13.1 Å². The maximum Gasteiger partial charge on any atom is 0.240 e. The Morgan fingerprint density at radius 2 is 2.24 bits per heavy atom. The highest BCUT2D eigenvalue weighted by molar-refractivity contribution is 5.81. The van der Waals surface area contributed by atoms with Gasteiger partial charge in [0, 0.05) is 37.2 Å². The van der Waals surface area contributed by atoms with Gasteiger partial charge in [0.1, 0.15) is 0 Å². The van der Waals surface area contributed by atoms with Crippen LogP contribution in [-0.2, 0) is 11.3 Å². The van der Waals surface area contributed by atoms with Crippen LogP contribution in [0.2, 0.25) is 0 Å². The lowest BCUT2D eigenvalue weighted by molar-refractivity contribution is -0.131. The van der Waals surface area contributed by atoms with Crippen molar-refractivity contribution >= 4 is 5.91 Å². The minimum atomic E-state index is 0.0534. The molecule has 2 aliphatic rings. The van der Waals surface area contributed by atoms with Crippen LogP contribution in [0.15, 0.2) is 16.9 Å². The summed E-state index contributed by atoms with van der Waals surface area (Å²) in [5, 5.41) is 15.5. The molecule has 2 aromatic heterocycles. The van der Waals surface area contributed by atoms with Crippen molar-refractivity contribution in [3.8, 4) is 0 Å². The monoisotopic (exact) mass is 345 g/mol. The van der Waals surface area contributed by atoms with E-state index in [0.29, 0.717) is 31.3 Å². The van der Waals surface area contributed by atoms with Crippen LogP contribution in [0.5, 0.6) is 0 Å². The number of amides is 1. The molecule has 2 fully saturated rings. The molecule has 0 radical (unpaired) electrons. The molecule has 1 amide bonds. The molecule has 25 heavy (non-hydrogen) atoms. The molecule has 0 aromatic carbocycles. The maximum absolute atomic E-state index is 12.4. The molecule has 1 aliphatic carbocycles. The van der Waals surface area contributed by atoms with Crippen LogP contribution in [0.1, 0.15) is 50.4 Å². The summed E-state index contributed by atoms with van der Waals surface area (Å²) in [6.07, 6.45) is 5.53. The first-order valence-corrected chi connectivity index (χ1v) is 8.82. The Bertz CT molecular complexity index is 723. The Balaban J connectivity index is 1.44. The molecular weight excluding hydrogens is 322 g/mol. The number of nitrogens with zero attached hydrogens (tertiary/aromatic N) is 6. The van der Waals surface area contributed by atoms with Gasteiger partial charge in [-0.25, -0.2) is 4.68 Å². The van der Waals surface area contributed by atoms with E-state index >= 15 is 0 Å². The van der Waals surface area contributed by atoms with E-state index < -0.39 is 0 Å². The van der Waals surface area contributed by atoms with Crippen LogP contribution in [0.25, 0.3) is 0 Å². The van der Waals surface area contributed by atoms with E-state index in [9.17, 15) is 4.79 Å². The third kappa shape index (κ3) is 3.41. The van der Waals surface area contributed by atoms with Crippen LogP contribution in [0.3, 0.4) is 0 Å². The van der Waals surface area contributed by atoms with Crippen LogP contribution in [0, 0.1) is 5.92 Å². The lowest BCUT2D eigenvalue weighted by Crippen LogP contribution is -2.38. The molecule has 0 unspecified atom stereocenters. The van der Waals surface area contributed by atoms with Gasteiger partial charge in [0.15, 0.2) is 5.82 Å². The Kier molecular flexibility index (Phi) is 4.24. The zero-order valence-electron chi connectivity index (χ0n) is 14.5. The standard InChI is InChI=1S/C16H23N7O2/c1-10(2)15-19-14(25-20-15)7-17-12-8-22(16(24)11-3-4-11)9-13(12)23-6-5-18-21-23/h5-6,10-13,17H,3-4,7-9H2,1-2H3/t12-,13+/m1/s1. The maximum atomic E-state index is 12.4. The highest BCUT2D eigenvalue weighted by Crippen LogP contribution is 2.33. The molecule has 1 saturated heterocycles. The number of carbonyl (C=O) groups is 1. The number of nitrogens with one attached hydrogen (secondary N) is 1. The molecule has 2 atom stereocenters. The fourth-order valence-electron chi connectivity index (χ4n) is 3.21. The topological polar surface area (TPSA) is 102 Å². The average Bonchev–Trinajstić information content (AvgIpc) is 3.04. The molecule has 3 heterocycles. The molecule has 134 valence electrons. The van der Waals surface area contributed by atoms with Gasteiger partial charge in [-0.2, -0.15) is 4.98 Å². The fraction of sp³-hybridized carbons (Fsp3) is 0.688. The average molecular weight is 345 g/mol. The molecule has 0 bridgehead atoms. The first-order chi connectivity index (χ1) is 12.1. The van der Waals surface area contributed by atoms with E-state index in [-0.39, 0.29) is 29.8 Å². The van der Waals surface area contributed by atoms with E-state index in [0.717, 1.165) is 12.8 Å². The van der Waals surface area contributed by atoms with E-state index in [1.165, 1.54) is 0 Å². The lowest BCUT2D eigenvalue weighted by Gasteiger charge is -2.18. The van der Waals surface area contributed by atoms with Gasteiger partial charge >= 0.3 is 0 Å². The van der Waals surface area contributed by atoms with E-state index in [4.69, 9.17) is 4.52 Å². The molecule has 1 N–H and O–H groups in total. The predicted molar refractivity (Wildman–Crippen MR) is 87.4 cm³/mol. The Hall–Kier alpha value is -2.29. The van der Waals surface area contributed by atoms with Gasteiger partial charge in [-0.15, -0.1) is 5.10 Å².